The number of anilines is 2. The van der Waals surface area contributed by atoms with Crippen LogP contribution in [-0.2, 0) is 11.3 Å². The normalized spacial score (nSPS) is 18.4. The zero-order valence-electron chi connectivity index (χ0n) is 11.9. The highest BCUT2D eigenvalue weighted by molar-refractivity contribution is 5.46. The lowest BCUT2D eigenvalue weighted by Gasteiger charge is -2.23. The molecule has 7 nitrogen and oxygen atoms in total. The molecule has 1 aliphatic heterocycles. The third-order valence-electron chi connectivity index (χ3n) is 3.41. The summed E-state index contributed by atoms with van der Waals surface area (Å²) in [6.45, 7) is 3.25. The van der Waals surface area contributed by atoms with Crippen molar-refractivity contribution in [3.63, 3.8) is 0 Å². The summed E-state index contributed by atoms with van der Waals surface area (Å²) in [4.78, 5) is 12.5. The smallest absolute Gasteiger partial charge is 0.131 e. The Kier molecular flexibility index (Phi) is 4.62. The topological polar surface area (TPSA) is 76.9 Å². The van der Waals surface area contributed by atoms with E-state index in [2.05, 4.69) is 25.6 Å². The van der Waals surface area contributed by atoms with Crippen LogP contribution in [0.4, 0.5) is 11.6 Å². The lowest BCUT2D eigenvalue weighted by atomic mass is 10.1. The van der Waals surface area contributed by atoms with Crippen LogP contribution in [0, 0.1) is 0 Å². The first-order chi connectivity index (χ1) is 10.4. The van der Waals surface area contributed by atoms with E-state index in [-0.39, 0.29) is 0 Å². The van der Waals surface area contributed by atoms with Gasteiger partial charge in [0.05, 0.1) is 19.0 Å². The van der Waals surface area contributed by atoms with Crippen LogP contribution in [0.3, 0.4) is 0 Å². The molecular formula is C14H20N6O. The molecule has 1 aliphatic rings. The van der Waals surface area contributed by atoms with Gasteiger partial charge >= 0.3 is 0 Å². The molecule has 3 heterocycles. The largest absolute Gasteiger partial charge is 0.379 e. The number of hydrogen-bond acceptors (Lipinski definition) is 6. The molecule has 0 radical (unpaired) electrons. The van der Waals surface area contributed by atoms with Crippen LogP contribution in [0.1, 0.15) is 12.8 Å². The highest BCUT2D eigenvalue weighted by Gasteiger charge is 2.14. The summed E-state index contributed by atoms with van der Waals surface area (Å²) < 4.78 is 7.48. The molecule has 1 atom stereocenters. The van der Waals surface area contributed by atoms with Crippen molar-refractivity contribution in [2.24, 2.45) is 0 Å². The molecule has 1 saturated heterocycles. The molecule has 2 aromatic rings. The second kappa shape index (κ2) is 7.03. The molecule has 0 unspecified atom stereocenters. The number of hydrogen-bond donors (Lipinski definition) is 2. The number of nitrogens with one attached hydrogen (secondary N) is 2. The molecule has 3 rings (SSSR count). The molecule has 2 N–H and O–H groups in total. The fourth-order valence-corrected chi connectivity index (χ4v) is 2.33. The quantitative estimate of drug-likeness (QED) is 0.836. The molecule has 0 amide bonds. The molecule has 0 aliphatic carbocycles. The first kappa shape index (κ1) is 13.8. The van der Waals surface area contributed by atoms with Gasteiger partial charge in [0, 0.05) is 38.2 Å². The first-order valence-electron chi connectivity index (χ1n) is 7.26. The Bertz CT molecular complexity index is 538. The van der Waals surface area contributed by atoms with Crippen LogP contribution in [0.2, 0.25) is 0 Å². The lowest BCUT2D eigenvalue weighted by molar-refractivity contribution is 0.0875. The van der Waals surface area contributed by atoms with Gasteiger partial charge in [-0.3, -0.25) is 0 Å². The van der Waals surface area contributed by atoms with Crippen LogP contribution in [0.15, 0.2) is 31.1 Å². The number of rotatable bonds is 6. The second-order valence-electron chi connectivity index (χ2n) is 5.07. The summed E-state index contributed by atoms with van der Waals surface area (Å²) in [5, 5.41) is 6.68. The van der Waals surface area contributed by atoms with Gasteiger partial charge in [-0.2, -0.15) is 0 Å². The molecule has 1 fully saturated rings. The van der Waals surface area contributed by atoms with Crippen molar-refractivity contribution in [3.05, 3.63) is 31.1 Å². The number of ether oxygens (including phenoxy) is 1. The van der Waals surface area contributed by atoms with Crippen molar-refractivity contribution < 1.29 is 4.74 Å². The van der Waals surface area contributed by atoms with Gasteiger partial charge in [-0.05, 0) is 12.8 Å². The van der Waals surface area contributed by atoms with E-state index in [9.17, 15) is 0 Å². The Hall–Kier alpha value is -2.15. The lowest BCUT2D eigenvalue weighted by Crippen LogP contribution is -2.30. The SMILES string of the molecule is c1cn(CCNc2cc(N[C@@H]3CCCOC3)ncn2)cn1. The minimum absolute atomic E-state index is 0.340. The molecule has 0 spiro atoms. The van der Waals surface area contributed by atoms with Gasteiger partial charge < -0.3 is 19.9 Å². The molecule has 0 saturated carbocycles. The van der Waals surface area contributed by atoms with Gasteiger partial charge in [0.1, 0.15) is 18.0 Å². The summed E-state index contributed by atoms with van der Waals surface area (Å²) >= 11 is 0. The predicted octanol–water partition coefficient (Wildman–Crippen LogP) is 1.38. The van der Waals surface area contributed by atoms with Crippen LogP contribution >= 0.6 is 0 Å². The number of aromatic nitrogens is 4. The highest BCUT2D eigenvalue weighted by Crippen LogP contribution is 2.14. The molecular weight excluding hydrogens is 268 g/mol. The third-order valence-corrected chi connectivity index (χ3v) is 3.41. The molecule has 2 aromatic heterocycles. The van der Waals surface area contributed by atoms with Gasteiger partial charge in [0.2, 0.25) is 0 Å². The Morgan fingerprint density at radius 3 is 3.10 bits per heavy atom. The summed E-state index contributed by atoms with van der Waals surface area (Å²) in [5.41, 5.74) is 0. The van der Waals surface area contributed by atoms with Crippen LogP contribution in [0.25, 0.3) is 0 Å². The zero-order valence-corrected chi connectivity index (χ0v) is 11.9. The Morgan fingerprint density at radius 2 is 2.29 bits per heavy atom. The Labute approximate surface area is 123 Å². The van der Waals surface area contributed by atoms with Gasteiger partial charge in [-0.25, -0.2) is 15.0 Å². The molecule has 112 valence electrons. The van der Waals surface area contributed by atoms with Crippen molar-refractivity contribution in [2.75, 3.05) is 30.4 Å². The fraction of sp³-hybridized carbons (Fsp3) is 0.500. The van der Waals surface area contributed by atoms with Gasteiger partial charge in [0.25, 0.3) is 0 Å². The maximum absolute atomic E-state index is 5.46. The van der Waals surface area contributed by atoms with E-state index >= 15 is 0 Å². The minimum Gasteiger partial charge on any atom is -0.379 e. The highest BCUT2D eigenvalue weighted by atomic mass is 16.5. The predicted molar refractivity (Wildman–Crippen MR) is 80.2 cm³/mol. The van der Waals surface area contributed by atoms with E-state index in [4.69, 9.17) is 4.74 Å². The molecule has 0 bridgehead atoms. The fourth-order valence-electron chi connectivity index (χ4n) is 2.33. The van der Waals surface area contributed by atoms with Crippen LogP contribution in [-0.4, -0.2) is 45.3 Å². The van der Waals surface area contributed by atoms with E-state index in [0.29, 0.717) is 6.04 Å². The van der Waals surface area contributed by atoms with Gasteiger partial charge in [-0.15, -0.1) is 0 Å². The third kappa shape index (κ3) is 4.16. The van der Waals surface area contributed by atoms with E-state index in [1.54, 1.807) is 18.9 Å². The molecule has 7 heteroatoms. The van der Waals surface area contributed by atoms with E-state index in [1.165, 1.54) is 0 Å². The van der Waals surface area contributed by atoms with Gasteiger partial charge in [-0.1, -0.05) is 0 Å². The summed E-state index contributed by atoms with van der Waals surface area (Å²) in [7, 11) is 0. The Morgan fingerprint density at radius 1 is 1.33 bits per heavy atom. The van der Waals surface area contributed by atoms with Crippen molar-refractivity contribution in [2.45, 2.75) is 25.4 Å². The second-order valence-corrected chi connectivity index (χ2v) is 5.07. The van der Waals surface area contributed by atoms with Crippen LogP contribution in [0.5, 0.6) is 0 Å². The van der Waals surface area contributed by atoms with Crippen molar-refractivity contribution >= 4 is 11.6 Å². The molecule has 21 heavy (non-hydrogen) atoms. The minimum atomic E-state index is 0.340. The first-order valence-corrected chi connectivity index (χ1v) is 7.26. The van der Waals surface area contributed by atoms with Crippen LogP contribution < -0.4 is 10.6 Å². The molecule has 0 aromatic carbocycles. The van der Waals surface area contributed by atoms with E-state index in [0.717, 1.165) is 50.8 Å². The standard InChI is InChI=1S/C14H20N6O/c1-2-12(9-21-7-1)19-14-8-13(17-10-18-14)16-4-6-20-5-3-15-11-20/h3,5,8,10-12H,1-2,4,6-7,9H2,(H2,16,17,18,19)/t12-/m1/s1. The summed E-state index contributed by atoms with van der Waals surface area (Å²) in [5.74, 6) is 1.66. The van der Waals surface area contributed by atoms with Crippen molar-refractivity contribution in [1.82, 2.24) is 19.5 Å². The maximum atomic E-state index is 5.46. The van der Waals surface area contributed by atoms with Gasteiger partial charge in [0.15, 0.2) is 0 Å². The number of imidazole rings is 1. The summed E-state index contributed by atoms with van der Waals surface area (Å²) in [6.07, 6.45) is 9.31. The number of nitrogens with zero attached hydrogens (tertiary/aromatic N) is 4. The zero-order chi connectivity index (χ0) is 14.3. The maximum Gasteiger partial charge on any atom is 0.131 e. The van der Waals surface area contributed by atoms with E-state index < -0.39 is 0 Å². The Balaban J connectivity index is 1.50. The average Bonchev–Trinajstić information content (AvgIpc) is 3.02. The monoisotopic (exact) mass is 288 g/mol. The summed E-state index contributed by atoms with van der Waals surface area (Å²) in [6, 6.07) is 2.27. The van der Waals surface area contributed by atoms with E-state index in [1.807, 2.05) is 16.8 Å². The average molecular weight is 288 g/mol. The van der Waals surface area contributed by atoms with Crippen molar-refractivity contribution in [3.8, 4) is 0 Å². The van der Waals surface area contributed by atoms with Crippen molar-refractivity contribution in [1.29, 1.82) is 0 Å².